The van der Waals surface area contributed by atoms with Crippen LogP contribution in [0.25, 0.3) is 0 Å². The molecule has 0 radical (unpaired) electrons. The lowest BCUT2D eigenvalue weighted by molar-refractivity contribution is -0.137. The van der Waals surface area contributed by atoms with Crippen LogP contribution in [0.3, 0.4) is 0 Å². The van der Waals surface area contributed by atoms with Crippen molar-refractivity contribution < 1.29 is 14.7 Å². The number of likely N-dealkylation sites (tertiary alicyclic amines) is 1. The number of carbonyl (C=O) groups excluding carboxylic acids is 1. The third-order valence-electron chi connectivity index (χ3n) is 4.88. The summed E-state index contributed by atoms with van der Waals surface area (Å²) in [6.07, 6.45) is 5.03. The molecular formula is C16H30N2O3. The minimum atomic E-state index is -0.752. The number of carboxylic acid groups (broad SMARTS) is 1. The minimum absolute atomic E-state index is 0.0265. The second-order valence-corrected chi connectivity index (χ2v) is 6.71. The molecule has 1 heterocycles. The van der Waals surface area contributed by atoms with Crippen molar-refractivity contribution in [2.75, 3.05) is 19.6 Å². The number of piperidine rings is 1. The van der Waals surface area contributed by atoms with Gasteiger partial charge in [-0.05, 0) is 37.0 Å². The van der Waals surface area contributed by atoms with Gasteiger partial charge in [-0.15, -0.1) is 0 Å². The lowest BCUT2D eigenvalue weighted by Gasteiger charge is -2.38. The first-order valence-corrected chi connectivity index (χ1v) is 8.11. The number of rotatable bonds is 7. The summed E-state index contributed by atoms with van der Waals surface area (Å²) >= 11 is 0. The first-order valence-electron chi connectivity index (χ1n) is 8.11. The van der Waals surface area contributed by atoms with E-state index >= 15 is 0 Å². The van der Waals surface area contributed by atoms with Gasteiger partial charge in [0, 0.05) is 26.1 Å². The SMILES string of the molecule is CCC1(C)CCN(C(=O)NCCC(C)CCC(=O)O)CC1. The summed E-state index contributed by atoms with van der Waals surface area (Å²) < 4.78 is 0. The van der Waals surface area contributed by atoms with Crippen LogP contribution in [-0.4, -0.2) is 41.6 Å². The number of urea groups is 1. The Kier molecular flexibility index (Phi) is 6.99. The first-order chi connectivity index (χ1) is 9.86. The Bertz CT molecular complexity index is 349. The van der Waals surface area contributed by atoms with Crippen LogP contribution in [-0.2, 0) is 4.79 Å². The second kappa shape index (κ2) is 8.25. The molecule has 1 atom stereocenters. The van der Waals surface area contributed by atoms with Gasteiger partial charge < -0.3 is 15.3 Å². The fraction of sp³-hybridized carbons (Fsp3) is 0.875. The fourth-order valence-corrected chi connectivity index (χ4v) is 2.65. The van der Waals surface area contributed by atoms with Crippen molar-refractivity contribution in [3.63, 3.8) is 0 Å². The molecule has 1 aliphatic heterocycles. The molecule has 0 bridgehead atoms. The fourth-order valence-electron chi connectivity index (χ4n) is 2.65. The van der Waals surface area contributed by atoms with Crippen molar-refractivity contribution in [2.45, 2.75) is 59.3 Å². The van der Waals surface area contributed by atoms with Crippen molar-refractivity contribution in [3.05, 3.63) is 0 Å². The third kappa shape index (κ3) is 6.36. The van der Waals surface area contributed by atoms with Crippen LogP contribution in [0.15, 0.2) is 0 Å². The van der Waals surface area contributed by atoms with Crippen LogP contribution in [0, 0.1) is 11.3 Å². The number of aliphatic carboxylic acids is 1. The number of carbonyl (C=O) groups is 2. The summed E-state index contributed by atoms with van der Waals surface area (Å²) in [4.78, 5) is 24.5. The maximum atomic E-state index is 12.1. The van der Waals surface area contributed by atoms with Gasteiger partial charge in [0.25, 0.3) is 0 Å². The van der Waals surface area contributed by atoms with E-state index in [2.05, 4.69) is 19.2 Å². The van der Waals surface area contributed by atoms with Gasteiger partial charge >= 0.3 is 12.0 Å². The molecule has 0 spiro atoms. The maximum absolute atomic E-state index is 12.1. The van der Waals surface area contributed by atoms with Crippen molar-refractivity contribution in [1.29, 1.82) is 0 Å². The standard InChI is InChI=1S/C16H30N2O3/c1-4-16(3)8-11-18(12-9-16)15(21)17-10-7-13(2)5-6-14(19)20/h13H,4-12H2,1-3H3,(H,17,21)(H,19,20). The molecule has 0 aromatic carbocycles. The Morgan fingerprint density at radius 2 is 1.90 bits per heavy atom. The highest BCUT2D eigenvalue weighted by Gasteiger charge is 2.30. The Balaban J connectivity index is 2.18. The molecule has 2 amide bonds. The van der Waals surface area contributed by atoms with Gasteiger partial charge in [-0.3, -0.25) is 4.79 Å². The van der Waals surface area contributed by atoms with Crippen LogP contribution in [0.1, 0.15) is 59.3 Å². The van der Waals surface area contributed by atoms with Crippen LogP contribution >= 0.6 is 0 Å². The lowest BCUT2D eigenvalue weighted by atomic mass is 9.78. The van der Waals surface area contributed by atoms with Crippen LogP contribution in [0.4, 0.5) is 4.79 Å². The van der Waals surface area contributed by atoms with E-state index in [1.54, 1.807) is 0 Å². The van der Waals surface area contributed by atoms with Gasteiger partial charge in [0.05, 0.1) is 0 Å². The van der Waals surface area contributed by atoms with E-state index in [9.17, 15) is 9.59 Å². The highest BCUT2D eigenvalue weighted by atomic mass is 16.4. The number of hydrogen-bond acceptors (Lipinski definition) is 2. The summed E-state index contributed by atoms with van der Waals surface area (Å²) in [5, 5.41) is 11.6. The van der Waals surface area contributed by atoms with Crippen molar-refractivity contribution in [3.8, 4) is 0 Å². The zero-order valence-electron chi connectivity index (χ0n) is 13.7. The quantitative estimate of drug-likeness (QED) is 0.758. The summed E-state index contributed by atoms with van der Waals surface area (Å²) in [6, 6.07) is 0.0265. The average molecular weight is 298 g/mol. The Labute approximate surface area is 128 Å². The number of carboxylic acids is 1. The predicted octanol–water partition coefficient (Wildman–Crippen LogP) is 3.10. The van der Waals surface area contributed by atoms with E-state index in [4.69, 9.17) is 5.11 Å². The first kappa shape index (κ1) is 17.8. The third-order valence-corrected chi connectivity index (χ3v) is 4.88. The molecule has 1 unspecified atom stereocenters. The maximum Gasteiger partial charge on any atom is 0.317 e. The number of nitrogens with zero attached hydrogens (tertiary/aromatic N) is 1. The van der Waals surface area contributed by atoms with Crippen molar-refractivity contribution >= 4 is 12.0 Å². The average Bonchev–Trinajstić information content (AvgIpc) is 2.45. The molecular weight excluding hydrogens is 268 g/mol. The zero-order chi connectivity index (χ0) is 15.9. The van der Waals surface area contributed by atoms with E-state index in [1.165, 1.54) is 6.42 Å². The van der Waals surface area contributed by atoms with E-state index in [0.29, 0.717) is 24.3 Å². The zero-order valence-corrected chi connectivity index (χ0v) is 13.7. The van der Waals surface area contributed by atoms with E-state index in [-0.39, 0.29) is 12.5 Å². The highest BCUT2D eigenvalue weighted by molar-refractivity contribution is 5.74. The van der Waals surface area contributed by atoms with Gasteiger partial charge in [-0.1, -0.05) is 27.2 Å². The summed E-state index contributed by atoms with van der Waals surface area (Å²) in [5.41, 5.74) is 0.391. The predicted molar refractivity (Wildman–Crippen MR) is 83.3 cm³/mol. The van der Waals surface area contributed by atoms with Crippen molar-refractivity contribution in [2.24, 2.45) is 11.3 Å². The summed E-state index contributed by atoms with van der Waals surface area (Å²) in [5.74, 6) is -0.427. The highest BCUT2D eigenvalue weighted by Crippen LogP contribution is 2.33. The molecule has 5 nitrogen and oxygen atoms in total. The van der Waals surface area contributed by atoms with Gasteiger partial charge in [0.15, 0.2) is 0 Å². The second-order valence-electron chi connectivity index (χ2n) is 6.71. The lowest BCUT2D eigenvalue weighted by Crippen LogP contribution is -2.46. The Hall–Kier alpha value is -1.26. The largest absolute Gasteiger partial charge is 0.481 e. The molecule has 1 rings (SSSR count). The molecule has 1 saturated heterocycles. The van der Waals surface area contributed by atoms with Gasteiger partial charge in [-0.2, -0.15) is 0 Å². The Morgan fingerprint density at radius 1 is 1.29 bits per heavy atom. The van der Waals surface area contributed by atoms with E-state index in [1.807, 2.05) is 11.8 Å². The van der Waals surface area contributed by atoms with E-state index < -0.39 is 5.97 Å². The molecule has 1 fully saturated rings. The summed E-state index contributed by atoms with van der Waals surface area (Å²) in [6.45, 7) is 8.85. The summed E-state index contributed by atoms with van der Waals surface area (Å²) in [7, 11) is 0. The molecule has 122 valence electrons. The van der Waals surface area contributed by atoms with Gasteiger partial charge in [0.2, 0.25) is 0 Å². The van der Waals surface area contributed by atoms with Crippen molar-refractivity contribution in [1.82, 2.24) is 10.2 Å². The van der Waals surface area contributed by atoms with Crippen LogP contribution < -0.4 is 5.32 Å². The molecule has 21 heavy (non-hydrogen) atoms. The number of nitrogens with one attached hydrogen (secondary N) is 1. The molecule has 1 aliphatic rings. The monoisotopic (exact) mass is 298 g/mol. The van der Waals surface area contributed by atoms with E-state index in [0.717, 1.165) is 32.4 Å². The number of hydrogen-bond donors (Lipinski definition) is 2. The molecule has 2 N–H and O–H groups in total. The molecule has 0 saturated carbocycles. The molecule has 0 aromatic heterocycles. The minimum Gasteiger partial charge on any atom is -0.481 e. The molecule has 0 aliphatic carbocycles. The molecule has 5 heteroatoms. The van der Waals surface area contributed by atoms with Gasteiger partial charge in [-0.25, -0.2) is 4.79 Å². The topological polar surface area (TPSA) is 69.6 Å². The molecule has 0 aromatic rings. The number of amides is 2. The smallest absolute Gasteiger partial charge is 0.317 e. The van der Waals surface area contributed by atoms with Crippen LogP contribution in [0.5, 0.6) is 0 Å². The van der Waals surface area contributed by atoms with Crippen LogP contribution in [0.2, 0.25) is 0 Å². The normalized spacial score (nSPS) is 19.1. The van der Waals surface area contributed by atoms with Gasteiger partial charge in [0.1, 0.15) is 0 Å². The Morgan fingerprint density at radius 3 is 2.43 bits per heavy atom.